The lowest BCUT2D eigenvalue weighted by Crippen LogP contribution is -2.19. The molecular formula is C13H17NO. The van der Waals surface area contributed by atoms with Gasteiger partial charge in [-0.1, -0.05) is 18.2 Å². The summed E-state index contributed by atoms with van der Waals surface area (Å²) in [6, 6.07) is 8.42. The summed E-state index contributed by atoms with van der Waals surface area (Å²) in [6.07, 6.45) is 5.63. The minimum atomic E-state index is 0.232. The molecule has 2 N–H and O–H groups in total. The van der Waals surface area contributed by atoms with Crippen LogP contribution in [0.3, 0.4) is 0 Å². The number of hydrogen-bond acceptors (Lipinski definition) is 2. The third-order valence-corrected chi connectivity index (χ3v) is 2.86. The van der Waals surface area contributed by atoms with Gasteiger partial charge in [-0.2, -0.15) is 0 Å². The van der Waals surface area contributed by atoms with Gasteiger partial charge in [0.25, 0.3) is 0 Å². The molecule has 0 aliphatic heterocycles. The van der Waals surface area contributed by atoms with E-state index in [0.717, 1.165) is 18.6 Å². The quantitative estimate of drug-likeness (QED) is 0.801. The van der Waals surface area contributed by atoms with Gasteiger partial charge < -0.3 is 10.5 Å². The Balaban J connectivity index is 2.21. The van der Waals surface area contributed by atoms with Crippen molar-refractivity contribution in [2.75, 3.05) is 7.11 Å². The largest absolute Gasteiger partial charge is 0.497 e. The van der Waals surface area contributed by atoms with Crippen molar-refractivity contribution in [3.8, 4) is 5.75 Å². The Morgan fingerprint density at radius 1 is 1.27 bits per heavy atom. The number of allylic oxidation sites excluding steroid dienone is 1. The van der Waals surface area contributed by atoms with Crippen molar-refractivity contribution >= 4 is 5.57 Å². The second-order valence-electron chi connectivity index (χ2n) is 3.98. The number of rotatable bonds is 2. The predicted molar refractivity (Wildman–Crippen MR) is 62.8 cm³/mol. The molecule has 2 nitrogen and oxygen atoms in total. The molecule has 2 rings (SSSR count). The second-order valence-corrected chi connectivity index (χ2v) is 3.98. The average molecular weight is 203 g/mol. The van der Waals surface area contributed by atoms with Crippen LogP contribution in [-0.2, 0) is 0 Å². The Kier molecular flexibility index (Phi) is 3.07. The van der Waals surface area contributed by atoms with Crippen LogP contribution in [0.25, 0.3) is 5.57 Å². The maximum atomic E-state index is 5.92. The fourth-order valence-corrected chi connectivity index (χ4v) is 2.00. The van der Waals surface area contributed by atoms with Crippen LogP contribution in [0.5, 0.6) is 5.75 Å². The van der Waals surface area contributed by atoms with Crippen molar-refractivity contribution in [1.29, 1.82) is 0 Å². The Bertz CT molecular complexity index is 353. The van der Waals surface area contributed by atoms with Gasteiger partial charge in [-0.25, -0.2) is 0 Å². The first-order valence-electron chi connectivity index (χ1n) is 5.40. The van der Waals surface area contributed by atoms with Gasteiger partial charge in [0, 0.05) is 6.04 Å². The summed E-state index contributed by atoms with van der Waals surface area (Å²) in [5.41, 5.74) is 8.56. The molecule has 1 unspecified atom stereocenters. The summed E-state index contributed by atoms with van der Waals surface area (Å²) >= 11 is 0. The number of nitrogens with two attached hydrogens (primary N) is 1. The first-order valence-corrected chi connectivity index (χ1v) is 5.40. The monoisotopic (exact) mass is 203 g/mol. The van der Waals surface area contributed by atoms with Gasteiger partial charge in [-0.05, 0) is 42.5 Å². The Hall–Kier alpha value is -1.28. The molecule has 0 spiro atoms. The first-order chi connectivity index (χ1) is 7.29. The molecule has 0 saturated heterocycles. The van der Waals surface area contributed by atoms with Crippen LogP contribution >= 0.6 is 0 Å². The molecule has 0 saturated carbocycles. The number of benzene rings is 1. The van der Waals surface area contributed by atoms with Gasteiger partial charge in [0.15, 0.2) is 0 Å². The molecule has 0 aromatic heterocycles. The van der Waals surface area contributed by atoms with Crippen LogP contribution in [0.15, 0.2) is 30.3 Å². The van der Waals surface area contributed by atoms with Gasteiger partial charge >= 0.3 is 0 Å². The summed E-state index contributed by atoms with van der Waals surface area (Å²) in [4.78, 5) is 0. The van der Waals surface area contributed by atoms with Gasteiger partial charge in [0.1, 0.15) is 5.75 Å². The molecule has 0 heterocycles. The van der Waals surface area contributed by atoms with Gasteiger partial charge in [0.2, 0.25) is 0 Å². The fourth-order valence-electron chi connectivity index (χ4n) is 2.00. The zero-order chi connectivity index (χ0) is 10.7. The lowest BCUT2D eigenvalue weighted by molar-refractivity contribution is 0.415. The van der Waals surface area contributed by atoms with Crippen molar-refractivity contribution < 1.29 is 4.74 Å². The normalized spacial score (nSPS) is 20.9. The average Bonchev–Trinajstić information content (AvgIpc) is 2.29. The number of ether oxygens (including phenoxy) is 1. The highest BCUT2D eigenvalue weighted by Gasteiger charge is 2.11. The minimum Gasteiger partial charge on any atom is -0.497 e. The van der Waals surface area contributed by atoms with E-state index in [1.54, 1.807) is 7.11 Å². The van der Waals surface area contributed by atoms with Crippen LogP contribution in [-0.4, -0.2) is 13.2 Å². The van der Waals surface area contributed by atoms with E-state index in [-0.39, 0.29) is 6.04 Å². The van der Waals surface area contributed by atoms with E-state index in [1.807, 2.05) is 12.1 Å². The highest BCUT2D eigenvalue weighted by atomic mass is 16.5. The molecule has 0 bridgehead atoms. The van der Waals surface area contributed by atoms with Gasteiger partial charge in [0.05, 0.1) is 7.11 Å². The molecule has 1 aliphatic rings. The minimum absolute atomic E-state index is 0.232. The van der Waals surface area contributed by atoms with Crippen LogP contribution in [0.4, 0.5) is 0 Å². The summed E-state index contributed by atoms with van der Waals surface area (Å²) in [7, 11) is 1.69. The number of hydrogen-bond donors (Lipinski definition) is 1. The maximum Gasteiger partial charge on any atom is 0.118 e. The molecule has 0 fully saturated rings. The standard InChI is InChI=1S/C13H17NO/c1-15-13-7-5-10(6-8-13)11-3-2-4-12(14)9-11/h5-9,12H,2-4,14H2,1H3. The smallest absolute Gasteiger partial charge is 0.118 e. The highest BCUT2D eigenvalue weighted by Crippen LogP contribution is 2.27. The first kappa shape index (κ1) is 10.2. The lowest BCUT2D eigenvalue weighted by Gasteiger charge is -2.18. The molecule has 0 amide bonds. The third-order valence-electron chi connectivity index (χ3n) is 2.86. The van der Waals surface area contributed by atoms with Gasteiger partial charge in [-0.3, -0.25) is 0 Å². The summed E-state index contributed by atoms with van der Waals surface area (Å²) in [5.74, 6) is 0.902. The van der Waals surface area contributed by atoms with Crippen molar-refractivity contribution in [1.82, 2.24) is 0 Å². The molecule has 1 aliphatic carbocycles. The van der Waals surface area contributed by atoms with Crippen LogP contribution in [0.2, 0.25) is 0 Å². The highest BCUT2D eigenvalue weighted by molar-refractivity contribution is 5.67. The fraction of sp³-hybridized carbons (Fsp3) is 0.385. The van der Waals surface area contributed by atoms with Gasteiger partial charge in [-0.15, -0.1) is 0 Å². The van der Waals surface area contributed by atoms with E-state index in [4.69, 9.17) is 10.5 Å². The molecular weight excluding hydrogens is 186 g/mol. The summed E-state index contributed by atoms with van der Waals surface area (Å²) in [6.45, 7) is 0. The van der Waals surface area contributed by atoms with E-state index in [0.29, 0.717) is 0 Å². The molecule has 1 aromatic rings. The maximum absolute atomic E-state index is 5.92. The van der Waals surface area contributed by atoms with Crippen LogP contribution < -0.4 is 10.5 Å². The zero-order valence-electron chi connectivity index (χ0n) is 9.07. The van der Waals surface area contributed by atoms with E-state index < -0.39 is 0 Å². The van der Waals surface area contributed by atoms with Crippen molar-refractivity contribution in [2.24, 2.45) is 5.73 Å². The lowest BCUT2D eigenvalue weighted by atomic mass is 9.91. The molecule has 80 valence electrons. The molecule has 0 radical (unpaired) electrons. The predicted octanol–water partition coefficient (Wildman–Crippen LogP) is 2.59. The van der Waals surface area contributed by atoms with Crippen molar-refractivity contribution in [3.05, 3.63) is 35.9 Å². The molecule has 1 aromatic carbocycles. The van der Waals surface area contributed by atoms with E-state index in [9.17, 15) is 0 Å². The summed E-state index contributed by atoms with van der Waals surface area (Å²) in [5, 5.41) is 0. The SMILES string of the molecule is COc1ccc(C2=CC(N)CCC2)cc1. The molecule has 2 heteroatoms. The van der Waals surface area contributed by atoms with Crippen LogP contribution in [0.1, 0.15) is 24.8 Å². The molecule has 15 heavy (non-hydrogen) atoms. The summed E-state index contributed by atoms with van der Waals surface area (Å²) < 4.78 is 5.13. The number of methoxy groups -OCH3 is 1. The molecule has 1 atom stereocenters. The zero-order valence-corrected chi connectivity index (χ0v) is 9.07. The Labute approximate surface area is 90.7 Å². The van der Waals surface area contributed by atoms with Crippen LogP contribution in [0, 0.1) is 0 Å². The van der Waals surface area contributed by atoms with Crippen molar-refractivity contribution in [2.45, 2.75) is 25.3 Å². The van der Waals surface area contributed by atoms with E-state index in [2.05, 4.69) is 18.2 Å². The second kappa shape index (κ2) is 4.49. The Morgan fingerprint density at radius 2 is 2.00 bits per heavy atom. The Morgan fingerprint density at radius 3 is 2.60 bits per heavy atom. The van der Waals surface area contributed by atoms with Crippen molar-refractivity contribution in [3.63, 3.8) is 0 Å². The topological polar surface area (TPSA) is 35.2 Å². The van der Waals surface area contributed by atoms with E-state index in [1.165, 1.54) is 17.6 Å². The third kappa shape index (κ3) is 2.39. The van der Waals surface area contributed by atoms with E-state index >= 15 is 0 Å².